The van der Waals surface area contributed by atoms with Crippen molar-refractivity contribution in [1.82, 2.24) is 5.32 Å². The van der Waals surface area contributed by atoms with E-state index in [2.05, 4.69) is 24.3 Å². The number of nitrogens with two attached hydrogens (primary N) is 1. The van der Waals surface area contributed by atoms with Crippen LogP contribution in [0, 0.1) is 5.92 Å². The standard InChI is InChI=1S/C14H23N3O3S/c1-11(2)5-7-19-8-6-16-13(18)10-20-17-14(15)12-4-3-9-21-12/h3-4,9,11H,5-8,10H2,1-2H3,(H2,15,17)(H,16,18). The minimum atomic E-state index is -0.245. The van der Waals surface area contributed by atoms with Crippen LogP contribution in [0.25, 0.3) is 0 Å². The van der Waals surface area contributed by atoms with E-state index in [1.807, 2.05) is 17.5 Å². The Hall–Kier alpha value is -1.60. The molecule has 1 heterocycles. The van der Waals surface area contributed by atoms with Crippen LogP contribution < -0.4 is 11.1 Å². The van der Waals surface area contributed by atoms with Crippen LogP contribution in [0.4, 0.5) is 0 Å². The fraction of sp³-hybridized carbons (Fsp3) is 0.571. The maximum absolute atomic E-state index is 11.5. The molecule has 3 N–H and O–H groups in total. The van der Waals surface area contributed by atoms with Gasteiger partial charge < -0.3 is 20.6 Å². The molecule has 1 amide bonds. The van der Waals surface area contributed by atoms with Crippen molar-refractivity contribution in [2.75, 3.05) is 26.4 Å². The highest BCUT2D eigenvalue weighted by molar-refractivity contribution is 7.12. The van der Waals surface area contributed by atoms with Gasteiger partial charge in [0.2, 0.25) is 0 Å². The highest BCUT2D eigenvalue weighted by Gasteiger charge is 2.03. The van der Waals surface area contributed by atoms with Crippen LogP contribution in [0.1, 0.15) is 25.1 Å². The Labute approximate surface area is 129 Å². The molecule has 1 aromatic rings. The highest BCUT2D eigenvalue weighted by atomic mass is 32.1. The SMILES string of the molecule is CC(C)CCOCCNC(=O)CON=C(N)c1cccs1. The second-order valence-corrected chi connectivity index (χ2v) is 5.82. The molecule has 0 atom stereocenters. The van der Waals surface area contributed by atoms with E-state index in [4.69, 9.17) is 15.3 Å². The van der Waals surface area contributed by atoms with E-state index in [1.54, 1.807) is 0 Å². The van der Waals surface area contributed by atoms with E-state index in [9.17, 15) is 4.79 Å². The van der Waals surface area contributed by atoms with Crippen molar-refractivity contribution in [3.05, 3.63) is 22.4 Å². The van der Waals surface area contributed by atoms with Crippen LogP contribution in [-0.2, 0) is 14.4 Å². The van der Waals surface area contributed by atoms with Crippen LogP contribution in [0.5, 0.6) is 0 Å². The van der Waals surface area contributed by atoms with E-state index in [0.29, 0.717) is 25.7 Å². The van der Waals surface area contributed by atoms with Gasteiger partial charge in [-0.05, 0) is 23.8 Å². The smallest absolute Gasteiger partial charge is 0.260 e. The predicted molar refractivity (Wildman–Crippen MR) is 84.3 cm³/mol. The lowest BCUT2D eigenvalue weighted by atomic mass is 10.1. The molecule has 118 valence electrons. The lowest BCUT2D eigenvalue weighted by Crippen LogP contribution is -2.30. The number of carbonyl (C=O) groups excluding carboxylic acids is 1. The quantitative estimate of drug-likeness (QED) is 0.297. The molecular formula is C14H23N3O3S. The van der Waals surface area contributed by atoms with Crippen LogP contribution >= 0.6 is 11.3 Å². The monoisotopic (exact) mass is 313 g/mol. The Kier molecular flexibility index (Phi) is 8.45. The zero-order valence-corrected chi connectivity index (χ0v) is 13.3. The number of amidine groups is 1. The third kappa shape index (κ3) is 8.31. The second kappa shape index (κ2) is 10.2. The molecule has 21 heavy (non-hydrogen) atoms. The number of hydrogen-bond acceptors (Lipinski definition) is 5. The van der Waals surface area contributed by atoms with E-state index >= 15 is 0 Å². The van der Waals surface area contributed by atoms with Crippen molar-refractivity contribution in [1.29, 1.82) is 0 Å². The van der Waals surface area contributed by atoms with Crippen molar-refractivity contribution in [2.45, 2.75) is 20.3 Å². The van der Waals surface area contributed by atoms with Crippen LogP contribution in [0.15, 0.2) is 22.7 Å². The molecule has 0 saturated heterocycles. The summed E-state index contributed by atoms with van der Waals surface area (Å²) >= 11 is 1.46. The van der Waals surface area contributed by atoms with Crippen molar-refractivity contribution in [3.63, 3.8) is 0 Å². The summed E-state index contributed by atoms with van der Waals surface area (Å²) in [6.07, 6.45) is 1.02. The van der Waals surface area contributed by atoms with Crippen LogP contribution in [0.2, 0.25) is 0 Å². The lowest BCUT2D eigenvalue weighted by Gasteiger charge is -2.07. The van der Waals surface area contributed by atoms with Gasteiger partial charge in [-0.25, -0.2) is 0 Å². The number of oxime groups is 1. The molecule has 0 saturated carbocycles. The summed E-state index contributed by atoms with van der Waals surface area (Å²) in [5.41, 5.74) is 5.69. The Morgan fingerprint density at radius 1 is 1.48 bits per heavy atom. The molecule has 0 unspecified atom stereocenters. The minimum Gasteiger partial charge on any atom is -0.384 e. The second-order valence-electron chi connectivity index (χ2n) is 4.87. The summed E-state index contributed by atoms with van der Waals surface area (Å²) < 4.78 is 5.38. The molecule has 0 aromatic carbocycles. The van der Waals surface area contributed by atoms with Gasteiger partial charge in [0.05, 0.1) is 11.5 Å². The van der Waals surface area contributed by atoms with Crippen LogP contribution in [0.3, 0.4) is 0 Å². The average Bonchev–Trinajstić information content (AvgIpc) is 2.96. The topological polar surface area (TPSA) is 85.9 Å². The Morgan fingerprint density at radius 2 is 2.29 bits per heavy atom. The third-order valence-corrected chi connectivity index (χ3v) is 3.43. The minimum absolute atomic E-state index is 0.155. The summed E-state index contributed by atoms with van der Waals surface area (Å²) in [5, 5.41) is 8.27. The largest absolute Gasteiger partial charge is 0.384 e. The summed E-state index contributed by atoms with van der Waals surface area (Å²) in [6, 6.07) is 3.70. The Bertz CT molecular complexity index is 433. The van der Waals surface area contributed by atoms with Gasteiger partial charge in [0.15, 0.2) is 12.4 Å². The molecule has 0 fully saturated rings. The van der Waals surface area contributed by atoms with Gasteiger partial charge in [-0.3, -0.25) is 4.79 Å². The number of carbonyl (C=O) groups is 1. The van der Waals surface area contributed by atoms with Crippen molar-refractivity contribution < 1.29 is 14.4 Å². The first-order chi connectivity index (χ1) is 10.1. The summed E-state index contributed by atoms with van der Waals surface area (Å²) in [7, 11) is 0. The first-order valence-corrected chi connectivity index (χ1v) is 7.81. The lowest BCUT2D eigenvalue weighted by molar-refractivity contribution is -0.125. The third-order valence-electron chi connectivity index (χ3n) is 2.54. The van der Waals surface area contributed by atoms with E-state index in [0.717, 1.165) is 11.3 Å². The first-order valence-electron chi connectivity index (χ1n) is 6.93. The van der Waals surface area contributed by atoms with Gasteiger partial charge >= 0.3 is 0 Å². The highest BCUT2D eigenvalue weighted by Crippen LogP contribution is 2.07. The molecule has 1 rings (SSSR count). The fourth-order valence-electron chi connectivity index (χ4n) is 1.36. The molecule has 0 bridgehead atoms. The number of nitrogens with one attached hydrogen (secondary N) is 1. The van der Waals surface area contributed by atoms with Crippen molar-refractivity contribution in [3.8, 4) is 0 Å². The molecule has 6 nitrogen and oxygen atoms in total. The number of ether oxygens (including phenoxy) is 1. The van der Waals surface area contributed by atoms with Gasteiger partial charge in [-0.1, -0.05) is 25.1 Å². The molecular weight excluding hydrogens is 290 g/mol. The van der Waals surface area contributed by atoms with Gasteiger partial charge in [-0.15, -0.1) is 11.3 Å². The van der Waals surface area contributed by atoms with E-state index in [1.165, 1.54) is 11.3 Å². The average molecular weight is 313 g/mol. The maximum Gasteiger partial charge on any atom is 0.260 e. The van der Waals surface area contributed by atoms with Gasteiger partial charge in [-0.2, -0.15) is 0 Å². The normalized spacial score (nSPS) is 11.7. The van der Waals surface area contributed by atoms with Gasteiger partial charge in [0.1, 0.15) is 0 Å². The van der Waals surface area contributed by atoms with Crippen LogP contribution in [-0.4, -0.2) is 38.1 Å². The fourth-order valence-corrected chi connectivity index (χ4v) is 1.98. The molecule has 0 aliphatic carbocycles. The molecule has 0 spiro atoms. The summed E-state index contributed by atoms with van der Waals surface area (Å²) in [5.74, 6) is 0.652. The zero-order valence-electron chi connectivity index (χ0n) is 12.5. The van der Waals surface area contributed by atoms with Crippen molar-refractivity contribution >= 4 is 23.1 Å². The van der Waals surface area contributed by atoms with E-state index < -0.39 is 0 Å². The zero-order chi connectivity index (χ0) is 15.5. The Balaban J connectivity index is 2.05. The number of amides is 1. The number of hydrogen-bond donors (Lipinski definition) is 2. The van der Waals surface area contributed by atoms with Gasteiger partial charge in [0, 0.05) is 13.2 Å². The Morgan fingerprint density at radius 3 is 2.95 bits per heavy atom. The van der Waals surface area contributed by atoms with Gasteiger partial charge in [0.25, 0.3) is 5.91 Å². The summed E-state index contributed by atoms with van der Waals surface area (Å²) in [4.78, 5) is 17.2. The maximum atomic E-state index is 11.5. The number of rotatable bonds is 10. The molecule has 0 radical (unpaired) electrons. The number of nitrogens with zero attached hydrogens (tertiary/aromatic N) is 1. The van der Waals surface area contributed by atoms with Crippen molar-refractivity contribution in [2.24, 2.45) is 16.8 Å². The summed E-state index contributed by atoms with van der Waals surface area (Å²) in [6.45, 7) is 5.81. The number of thiophene rings is 1. The molecule has 0 aliphatic heterocycles. The molecule has 7 heteroatoms. The first kappa shape index (κ1) is 17.5. The predicted octanol–water partition coefficient (Wildman–Crippen LogP) is 1.56. The molecule has 1 aromatic heterocycles. The molecule has 0 aliphatic rings. The van der Waals surface area contributed by atoms with E-state index in [-0.39, 0.29) is 18.3 Å².